The molecule has 1 aromatic carbocycles. The van der Waals surface area contributed by atoms with Crippen molar-refractivity contribution in [2.45, 2.75) is 32.2 Å². The van der Waals surface area contributed by atoms with Crippen molar-refractivity contribution in [1.29, 1.82) is 0 Å². The summed E-state index contributed by atoms with van der Waals surface area (Å²) in [5.41, 5.74) is 6.69. The first-order chi connectivity index (χ1) is 10.0. The maximum atomic E-state index is 12.5. The summed E-state index contributed by atoms with van der Waals surface area (Å²) in [7, 11) is 1.85. The summed E-state index contributed by atoms with van der Waals surface area (Å²) < 4.78 is 0. The maximum Gasteiger partial charge on any atom is 0.225 e. The van der Waals surface area contributed by atoms with E-state index < -0.39 is 0 Å². The number of hydrogen-bond acceptors (Lipinski definition) is 2. The van der Waals surface area contributed by atoms with E-state index in [1.54, 1.807) is 11.0 Å². The Bertz CT molecular complexity index is 499. The number of nitrogens with zero attached hydrogens (tertiary/aromatic N) is 1. The van der Waals surface area contributed by atoms with Gasteiger partial charge in [0.15, 0.2) is 0 Å². The number of benzene rings is 1. The molecule has 0 heterocycles. The van der Waals surface area contributed by atoms with E-state index in [1.807, 2.05) is 19.2 Å². The Hall–Kier alpha value is -0.770. The molecule has 0 atom stereocenters. The van der Waals surface area contributed by atoms with E-state index in [9.17, 15) is 4.79 Å². The van der Waals surface area contributed by atoms with Crippen LogP contribution in [0.4, 0.5) is 0 Å². The second-order valence-electron chi connectivity index (χ2n) is 5.90. The molecule has 1 fully saturated rings. The number of halogens is 2. The molecule has 1 aliphatic carbocycles. The molecular formula is C16H22Cl2N2O. The van der Waals surface area contributed by atoms with Gasteiger partial charge in [0.25, 0.3) is 0 Å². The molecule has 0 radical (unpaired) electrons. The topological polar surface area (TPSA) is 46.3 Å². The lowest BCUT2D eigenvalue weighted by molar-refractivity contribution is -0.136. The third-order valence-corrected chi connectivity index (χ3v) is 5.05. The van der Waals surface area contributed by atoms with Gasteiger partial charge >= 0.3 is 0 Å². The Morgan fingerprint density at radius 2 is 1.90 bits per heavy atom. The van der Waals surface area contributed by atoms with Crippen molar-refractivity contribution in [3.8, 4) is 0 Å². The molecule has 5 heteroatoms. The highest BCUT2D eigenvalue weighted by Crippen LogP contribution is 2.30. The highest BCUT2D eigenvalue weighted by molar-refractivity contribution is 6.42. The van der Waals surface area contributed by atoms with Gasteiger partial charge in [0.1, 0.15) is 0 Å². The molecule has 0 aromatic heterocycles. The molecule has 1 amide bonds. The molecule has 0 aliphatic heterocycles. The molecular weight excluding hydrogens is 307 g/mol. The summed E-state index contributed by atoms with van der Waals surface area (Å²) in [6, 6.07) is 5.49. The molecule has 21 heavy (non-hydrogen) atoms. The molecule has 0 saturated heterocycles. The number of nitrogens with two attached hydrogens (primary N) is 1. The van der Waals surface area contributed by atoms with Gasteiger partial charge in [0.2, 0.25) is 5.91 Å². The molecule has 2 N–H and O–H groups in total. The smallest absolute Gasteiger partial charge is 0.225 e. The summed E-state index contributed by atoms with van der Waals surface area (Å²) in [6.45, 7) is 1.30. The first-order valence-electron chi connectivity index (χ1n) is 7.40. The van der Waals surface area contributed by atoms with Crippen LogP contribution in [0.5, 0.6) is 0 Å². The zero-order valence-corrected chi connectivity index (χ0v) is 13.8. The first kappa shape index (κ1) is 16.6. The number of carbonyl (C=O) groups is 1. The predicted octanol–water partition coefficient (Wildman–Crippen LogP) is 3.72. The molecule has 116 valence electrons. The van der Waals surface area contributed by atoms with Gasteiger partial charge in [-0.3, -0.25) is 4.79 Å². The quantitative estimate of drug-likeness (QED) is 0.915. The van der Waals surface area contributed by atoms with E-state index in [1.165, 1.54) is 0 Å². The molecule has 1 saturated carbocycles. The fourth-order valence-electron chi connectivity index (χ4n) is 2.95. The van der Waals surface area contributed by atoms with Crippen molar-refractivity contribution in [3.63, 3.8) is 0 Å². The van der Waals surface area contributed by atoms with Crippen molar-refractivity contribution in [1.82, 2.24) is 4.90 Å². The lowest BCUT2D eigenvalue weighted by atomic mass is 9.81. The number of amides is 1. The van der Waals surface area contributed by atoms with Crippen LogP contribution in [0.3, 0.4) is 0 Å². The Morgan fingerprint density at radius 3 is 2.48 bits per heavy atom. The fraction of sp³-hybridized carbons (Fsp3) is 0.562. The summed E-state index contributed by atoms with van der Waals surface area (Å²) in [4.78, 5) is 14.3. The minimum atomic E-state index is 0.139. The van der Waals surface area contributed by atoms with E-state index in [4.69, 9.17) is 28.9 Å². The maximum absolute atomic E-state index is 12.5. The Morgan fingerprint density at radius 1 is 1.24 bits per heavy atom. The van der Waals surface area contributed by atoms with Crippen LogP contribution in [0.15, 0.2) is 18.2 Å². The lowest BCUT2D eigenvalue weighted by Crippen LogP contribution is -2.35. The molecule has 1 aliphatic rings. The summed E-state index contributed by atoms with van der Waals surface area (Å²) >= 11 is 11.9. The average molecular weight is 329 g/mol. The largest absolute Gasteiger partial charge is 0.341 e. The first-order valence-corrected chi connectivity index (χ1v) is 8.15. The molecule has 0 spiro atoms. The van der Waals surface area contributed by atoms with Crippen molar-refractivity contribution in [2.75, 3.05) is 13.6 Å². The normalized spacial score (nSPS) is 22.1. The van der Waals surface area contributed by atoms with Gasteiger partial charge in [-0.15, -0.1) is 0 Å². The Kier molecular flexibility index (Phi) is 5.91. The molecule has 0 unspecified atom stereocenters. The fourth-order valence-corrected chi connectivity index (χ4v) is 3.27. The van der Waals surface area contributed by atoms with Gasteiger partial charge in [0, 0.05) is 19.5 Å². The standard InChI is InChI=1S/C16H22Cl2N2O/c1-20(10-12-4-7-14(17)15(18)8-12)16(21)13-5-2-11(9-19)3-6-13/h4,7-8,11,13H,2-3,5-6,9-10,19H2,1H3. The van der Waals surface area contributed by atoms with Crippen LogP contribution in [0.1, 0.15) is 31.2 Å². The number of carbonyl (C=O) groups excluding carboxylic acids is 1. The lowest BCUT2D eigenvalue weighted by Gasteiger charge is -2.30. The van der Waals surface area contributed by atoms with Gasteiger partial charge in [0.05, 0.1) is 10.0 Å². The van der Waals surface area contributed by atoms with Crippen molar-refractivity contribution in [3.05, 3.63) is 33.8 Å². The van der Waals surface area contributed by atoms with E-state index in [2.05, 4.69) is 0 Å². The van der Waals surface area contributed by atoms with Crippen LogP contribution in [-0.4, -0.2) is 24.4 Å². The zero-order valence-electron chi connectivity index (χ0n) is 12.3. The highest BCUT2D eigenvalue weighted by atomic mass is 35.5. The predicted molar refractivity (Wildman–Crippen MR) is 87.4 cm³/mol. The van der Waals surface area contributed by atoms with Crippen molar-refractivity contribution >= 4 is 29.1 Å². The van der Waals surface area contributed by atoms with Crippen molar-refractivity contribution in [2.24, 2.45) is 17.6 Å². The van der Waals surface area contributed by atoms with Gasteiger partial charge in [-0.25, -0.2) is 0 Å². The van der Waals surface area contributed by atoms with E-state index in [-0.39, 0.29) is 11.8 Å². The van der Waals surface area contributed by atoms with Gasteiger partial charge in [-0.05, 0) is 55.8 Å². The number of hydrogen-bond donors (Lipinski definition) is 1. The molecule has 3 nitrogen and oxygen atoms in total. The Balaban J connectivity index is 1.92. The van der Waals surface area contributed by atoms with E-state index in [0.717, 1.165) is 37.8 Å². The van der Waals surface area contributed by atoms with Crippen LogP contribution in [-0.2, 0) is 11.3 Å². The molecule has 1 aromatic rings. The second-order valence-corrected chi connectivity index (χ2v) is 6.71. The third-order valence-electron chi connectivity index (χ3n) is 4.31. The second kappa shape index (κ2) is 7.48. The van der Waals surface area contributed by atoms with Crippen LogP contribution in [0.25, 0.3) is 0 Å². The summed E-state index contributed by atoms with van der Waals surface area (Å²) in [5, 5.41) is 1.06. The molecule has 2 rings (SSSR count). The SMILES string of the molecule is CN(Cc1ccc(Cl)c(Cl)c1)C(=O)C1CCC(CN)CC1. The Labute approximate surface area is 136 Å². The van der Waals surface area contributed by atoms with Gasteiger partial charge in [-0.2, -0.15) is 0 Å². The van der Waals surface area contributed by atoms with Crippen LogP contribution >= 0.6 is 23.2 Å². The van der Waals surface area contributed by atoms with E-state index in [0.29, 0.717) is 22.5 Å². The van der Waals surface area contributed by atoms with Crippen LogP contribution in [0, 0.1) is 11.8 Å². The number of rotatable bonds is 4. The van der Waals surface area contributed by atoms with Gasteiger partial charge < -0.3 is 10.6 Å². The zero-order chi connectivity index (χ0) is 15.4. The average Bonchev–Trinajstić information content (AvgIpc) is 2.50. The minimum absolute atomic E-state index is 0.139. The summed E-state index contributed by atoms with van der Waals surface area (Å²) in [6.07, 6.45) is 4.03. The highest BCUT2D eigenvalue weighted by Gasteiger charge is 2.27. The minimum Gasteiger partial charge on any atom is -0.341 e. The van der Waals surface area contributed by atoms with Crippen LogP contribution in [0.2, 0.25) is 10.0 Å². The van der Waals surface area contributed by atoms with Crippen LogP contribution < -0.4 is 5.73 Å². The summed E-state index contributed by atoms with van der Waals surface area (Å²) in [5.74, 6) is 0.951. The monoisotopic (exact) mass is 328 g/mol. The van der Waals surface area contributed by atoms with E-state index >= 15 is 0 Å². The third kappa shape index (κ3) is 4.35. The van der Waals surface area contributed by atoms with Crippen molar-refractivity contribution < 1.29 is 4.79 Å². The van der Waals surface area contributed by atoms with Gasteiger partial charge in [-0.1, -0.05) is 29.3 Å². The molecule has 0 bridgehead atoms.